The van der Waals surface area contributed by atoms with E-state index in [0.717, 1.165) is 18.4 Å². The normalized spacial score (nSPS) is 10.1. The molecule has 0 atom stereocenters. The van der Waals surface area contributed by atoms with Crippen molar-refractivity contribution in [3.63, 3.8) is 0 Å². The molecule has 92 valence electrons. The lowest BCUT2D eigenvalue weighted by atomic mass is 10.1. The van der Waals surface area contributed by atoms with Gasteiger partial charge in [0, 0.05) is 0 Å². The first-order chi connectivity index (χ1) is 8.09. The molecular weight excluding hydrogens is 222 g/mol. The monoisotopic (exact) mass is 237 g/mol. The molecule has 1 rings (SSSR count). The van der Waals surface area contributed by atoms with Crippen LogP contribution in [0.5, 0.6) is 0 Å². The predicted molar refractivity (Wildman–Crippen MR) is 62.2 cm³/mol. The van der Waals surface area contributed by atoms with Crippen molar-refractivity contribution in [2.75, 3.05) is 13.1 Å². The smallest absolute Gasteiger partial charge is 0.335 e. The van der Waals surface area contributed by atoms with Crippen LogP contribution in [-0.2, 0) is 11.2 Å². The quantitative estimate of drug-likeness (QED) is 0.616. The van der Waals surface area contributed by atoms with E-state index in [1.165, 1.54) is 0 Å². The van der Waals surface area contributed by atoms with Crippen molar-refractivity contribution < 1.29 is 19.8 Å². The number of rotatable bonds is 7. The Hall–Kier alpha value is -1.88. The van der Waals surface area contributed by atoms with Crippen molar-refractivity contribution in [2.45, 2.75) is 12.8 Å². The fourth-order valence-corrected chi connectivity index (χ4v) is 1.43. The third-order valence-corrected chi connectivity index (χ3v) is 2.30. The van der Waals surface area contributed by atoms with Crippen LogP contribution in [0.2, 0.25) is 0 Å². The highest BCUT2D eigenvalue weighted by atomic mass is 16.4. The second-order valence-corrected chi connectivity index (χ2v) is 3.68. The third-order valence-electron chi connectivity index (χ3n) is 2.30. The molecule has 0 fully saturated rings. The molecule has 0 saturated carbocycles. The number of carboxylic acid groups (broad SMARTS) is 2. The maximum Gasteiger partial charge on any atom is 0.335 e. The molecule has 0 aliphatic heterocycles. The zero-order chi connectivity index (χ0) is 12.7. The van der Waals surface area contributed by atoms with Gasteiger partial charge in [-0.15, -0.1) is 0 Å². The Morgan fingerprint density at radius 1 is 1.12 bits per heavy atom. The number of benzene rings is 1. The van der Waals surface area contributed by atoms with Crippen molar-refractivity contribution in [3.8, 4) is 0 Å². The third kappa shape index (κ3) is 5.12. The second kappa shape index (κ2) is 6.65. The molecule has 0 bridgehead atoms. The molecule has 5 heteroatoms. The fourth-order valence-electron chi connectivity index (χ4n) is 1.43. The first-order valence-corrected chi connectivity index (χ1v) is 5.34. The van der Waals surface area contributed by atoms with E-state index < -0.39 is 11.9 Å². The van der Waals surface area contributed by atoms with Crippen molar-refractivity contribution in [1.29, 1.82) is 0 Å². The molecule has 3 N–H and O–H groups in total. The molecule has 17 heavy (non-hydrogen) atoms. The maximum absolute atomic E-state index is 10.6. The molecule has 0 amide bonds. The second-order valence-electron chi connectivity index (χ2n) is 3.68. The largest absolute Gasteiger partial charge is 0.480 e. The Bertz CT molecular complexity index is 386. The molecule has 1 aromatic carbocycles. The van der Waals surface area contributed by atoms with Gasteiger partial charge in [0.15, 0.2) is 0 Å². The average Bonchev–Trinajstić information content (AvgIpc) is 2.29. The van der Waals surface area contributed by atoms with E-state index in [-0.39, 0.29) is 12.1 Å². The van der Waals surface area contributed by atoms with E-state index in [0.29, 0.717) is 6.54 Å². The maximum atomic E-state index is 10.6. The molecule has 0 spiro atoms. The summed E-state index contributed by atoms with van der Waals surface area (Å²) in [6, 6.07) is 6.70. The zero-order valence-electron chi connectivity index (χ0n) is 9.35. The average molecular weight is 237 g/mol. The molecule has 0 unspecified atom stereocenters. The van der Waals surface area contributed by atoms with E-state index >= 15 is 0 Å². The van der Waals surface area contributed by atoms with Gasteiger partial charge in [0.25, 0.3) is 0 Å². The van der Waals surface area contributed by atoms with Crippen LogP contribution in [-0.4, -0.2) is 35.2 Å². The molecule has 0 aliphatic rings. The lowest BCUT2D eigenvalue weighted by molar-refractivity contribution is -0.135. The van der Waals surface area contributed by atoms with Gasteiger partial charge >= 0.3 is 11.9 Å². The molecule has 5 nitrogen and oxygen atoms in total. The van der Waals surface area contributed by atoms with Gasteiger partial charge in [-0.05, 0) is 37.1 Å². The molecule has 1 aromatic rings. The summed E-state index contributed by atoms with van der Waals surface area (Å²) < 4.78 is 0. The number of hydrogen-bond acceptors (Lipinski definition) is 3. The fraction of sp³-hybridized carbons (Fsp3) is 0.333. The van der Waals surface area contributed by atoms with E-state index in [1.807, 2.05) is 0 Å². The molecule has 0 aromatic heterocycles. The Balaban J connectivity index is 2.27. The highest BCUT2D eigenvalue weighted by Gasteiger charge is 2.01. The van der Waals surface area contributed by atoms with E-state index in [2.05, 4.69) is 5.32 Å². The van der Waals surface area contributed by atoms with Crippen molar-refractivity contribution >= 4 is 11.9 Å². The summed E-state index contributed by atoms with van der Waals surface area (Å²) >= 11 is 0. The minimum Gasteiger partial charge on any atom is -0.480 e. The van der Waals surface area contributed by atoms with E-state index in [4.69, 9.17) is 10.2 Å². The van der Waals surface area contributed by atoms with E-state index in [1.54, 1.807) is 24.3 Å². The van der Waals surface area contributed by atoms with Gasteiger partial charge in [0.2, 0.25) is 0 Å². The lowest BCUT2D eigenvalue weighted by Gasteiger charge is -2.03. The summed E-state index contributed by atoms with van der Waals surface area (Å²) in [5, 5.41) is 19.9. The van der Waals surface area contributed by atoms with Crippen LogP contribution < -0.4 is 5.32 Å². The number of aliphatic carboxylic acids is 1. The minimum atomic E-state index is -0.931. The van der Waals surface area contributed by atoms with Gasteiger partial charge in [-0.1, -0.05) is 12.1 Å². The molecule has 0 aliphatic carbocycles. The summed E-state index contributed by atoms with van der Waals surface area (Å²) in [6.45, 7) is 0.602. The molecular formula is C12H15NO4. The number of carboxylic acids is 2. The zero-order valence-corrected chi connectivity index (χ0v) is 9.35. The summed E-state index contributed by atoms with van der Waals surface area (Å²) in [5.41, 5.74) is 1.32. The van der Waals surface area contributed by atoms with Crippen LogP contribution in [0.15, 0.2) is 24.3 Å². The Morgan fingerprint density at radius 2 is 1.76 bits per heavy atom. The van der Waals surface area contributed by atoms with Gasteiger partial charge in [0.05, 0.1) is 12.1 Å². The van der Waals surface area contributed by atoms with Crippen molar-refractivity contribution in [1.82, 2.24) is 5.32 Å². The van der Waals surface area contributed by atoms with Crippen molar-refractivity contribution in [3.05, 3.63) is 35.4 Å². The summed E-state index contributed by atoms with van der Waals surface area (Å²) in [5.74, 6) is -1.80. The van der Waals surface area contributed by atoms with Gasteiger partial charge in [-0.25, -0.2) is 4.79 Å². The Kier molecular flexibility index (Phi) is 5.16. The van der Waals surface area contributed by atoms with Crippen LogP contribution >= 0.6 is 0 Å². The van der Waals surface area contributed by atoms with Gasteiger partial charge in [-0.2, -0.15) is 0 Å². The van der Waals surface area contributed by atoms with E-state index in [9.17, 15) is 9.59 Å². The number of nitrogens with one attached hydrogen (secondary N) is 1. The first-order valence-electron chi connectivity index (χ1n) is 5.34. The Morgan fingerprint density at radius 3 is 2.29 bits per heavy atom. The van der Waals surface area contributed by atoms with Gasteiger partial charge in [-0.3, -0.25) is 4.79 Å². The lowest BCUT2D eigenvalue weighted by Crippen LogP contribution is -2.23. The summed E-state index contributed by atoms with van der Waals surface area (Å²) in [6.07, 6.45) is 1.62. The Labute approximate surface area is 99.1 Å². The van der Waals surface area contributed by atoms with Crippen LogP contribution in [0.1, 0.15) is 22.3 Å². The molecule has 0 saturated heterocycles. The number of hydrogen-bond donors (Lipinski definition) is 3. The highest BCUT2D eigenvalue weighted by Crippen LogP contribution is 2.06. The standard InChI is InChI=1S/C12H15NO4/c14-11(15)8-13-7-1-2-9-3-5-10(6-4-9)12(16)17/h3-6,13H,1-2,7-8H2,(H,14,15)(H,16,17). The van der Waals surface area contributed by atoms with Crippen LogP contribution in [0.3, 0.4) is 0 Å². The SMILES string of the molecule is O=C(O)CNCCCc1ccc(C(=O)O)cc1. The van der Waals surface area contributed by atoms with Gasteiger partial charge < -0.3 is 15.5 Å². The first kappa shape index (κ1) is 13.2. The van der Waals surface area contributed by atoms with Crippen LogP contribution in [0, 0.1) is 0 Å². The minimum absolute atomic E-state index is 0.0298. The topological polar surface area (TPSA) is 86.6 Å². The molecule has 0 radical (unpaired) electrons. The number of aromatic carboxylic acids is 1. The number of aryl methyl sites for hydroxylation is 1. The summed E-state index contributed by atoms with van der Waals surface area (Å²) in [4.78, 5) is 20.8. The predicted octanol–water partition coefficient (Wildman–Crippen LogP) is 0.992. The van der Waals surface area contributed by atoms with Crippen LogP contribution in [0.25, 0.3) is 0 Å². The summed E-state index contributed by atoms with van der Waals surface area (Å²) in [7, 11) is 0. The highest BCUT2D eigenvalue weighted by molar-refractivity contribution is 5.87. The number of carbonyl (C=O) groups is 2. The van der Waals surface area contributed by atoms with Crippen molar-refractivity contribution in [2.24, 2.45) is 0 Å². The van der Waals surface area contributed by atoms with Gasteiger partial charge in [0.1, 0.15) is 0 Å². The van der Waals surface area contributed by atoms with Crippen LogP contribution in [0.4, 0.5) is 0 Å². The molecule has 0 heterocycles.